The zero-order valence-electron chi connectivity index (χ0n) is 11.0. The highest BCUT2D eigenvalue weighted by Crippen LogP contribution is 2.35. The van der Waals surface area contributed by atoms with E-state index in [4.69, 9.17) is 5.11 Å². The van der Waals surface area contributed by atoms with E-state index in [1.165, 1.54) is 16.7 Å². The van der Waals surface area contributed by atoms with Gasteiger partial charge in [0.25, 0.3) is 0 Å². The molecule has 3 rings (SSSR count). The predicted molar refractivity (Wildman–Crippen MR) is 75.2 cm³/mol. The van der Waals surface area contributed by atoms with Crippen LogP contribution in [-0.4, -0.2) is 35.3 Å². The van der Waals surface area contributed by atoms with Gasteiger partial charge in [-0.3, -0.25) is 0 Å². The zero-order chi connectivity index (χ0) is 13.2. The third-order valence-corrected chi connectivity index (χ3v) is 3.64. The molecule has 1 N–H and O–H groups in total. The zero-order valence-corrected chi connectivity index (χ0v) is 11.0. The molecular formula is C15H17N3O. The Hall–Kier alpha value is -1.94. The van der Waals surface area contributed by atoms with Gasteiger partial charge in [0.05, 0.1) is 12.3 Å². The molecule has 0 unspecified atom stereocenters. The summed E-state index contributed by atoms with van der Waals surface area (Å²) in [6.45, 7) is 0.719. The van der Waals surface area contributed by atoms with E-state index in [-0.39, 0.29) is 6.61 Å². The number of aromatic nitrogens is 2. The summed E-state index contributed by atoms with van der Waals surface area (Å²) in [5.74, 6) is 0.938. The third-order valence-electron chi connectivity index (χ3n) is 3.64. The number of hydrogen-bond acceptors (Lipinski definition) is 4. The Bertz CT molecular complexity index is 598. The van der Waals surface area contributed by atoms with Crippen molar-refractivity contribution in [2.24, 2.45) is 0 Å². The van der Waals surface area contributed by atoms with Gasteiger partial charge >= 0.3 is 0 Å². The second-order valence-corrected chi connectivity index (χ2v) is 4.83. The number of aliphatic hydroxyl groups is 1. The Labute approximate surface area is 112 Å². The highest BCUT2D eigenvalue weighted by Gasteiger charge is 2.21. The Morgan fingerprint density at radius 1 is 1.21 bits per heavy atom. The summed E-state index contributed by atoms with van der Waals surface area (Å²) in [5, 5.41) is 9.07. The molecule has 19 heavy (non-hydrogen) atoms. The molecule has 0 atom stereocenters. The van der Waals surface area contributed by atoms with E-state index in [9.17, 15) is 0 Å². The number of hydrogen-bond donors (Lipinski definition) is 1. The molecule has 1 aromatic carbocycles. The number of fused-ring (bicyclic) bond motifs is 3. The quantitative estimate of drug-likeness (QED) is 0.906. The van der Waals surface area contributed by atoms with Crippen molar-refractivity contribution in [1.82, 2.24) is 9.97 Å². The van der Waals surface area contributed by atoms with Crippen molar-refractivity contribution >= 4 is 5.82 Å². The second kappa shape index (κ2) is 4.97. The van der Waals surface area contributed by atoms with Gasteiger partial charge in [-0.05, 0) is 18.4 Å². The molecule has 0 saturated carbocycles. The van der Waals surface area contributed by atoms with Gasteiger partial charge in [-0.1, -0.05) is 24.3 Å². The van der Waals surface area contributed by atoms with Crippen molar-refractivity contribution in [3.63, 3.8) is 0 Å². The molecule has 4 nitrogen and oxygen atoms in total. The van der Waals surface area contributed by atoms with Crippen molar-refractivity contribution in [2.45, 2.75) is 12.8 Å². The first-order chi connectivity index (χ1) is 9.31. The number of likely N-dealkylation sites (N-methyl/N-ethyl adjacent to an activating group) is 1. The summed E-state index contributed by atoms with van der Waals surface area (Å²) in [5.41, 5.74) is 4.79. The molecular weight excluding hydrogens is 238 g/mol. The molecule has 2 aromatic rings. The Kier molecular flexibility index (Phi) is 3.17. The Morgan fingerprint density at radius 2 is 2.05 bits per heavy atom. The SMILES string of the molecule is CN(CCO)c1ncnc2c1CCc1ccccc1-2. The summed E-state index contributed by atoms with van der Waals surface area (Å²) in [7, 11) is 1.96. The van der Waals surface area contributed by atoms with Gasteiger partial charge in [-0.2, -0.15) is 0 Å². The fraction of sp³-hybridized carbons (Fsp3) is 0.333. The first-order valence-corrected chi connectivity index (χ1v) is 6.55. The lowest BCUT2D eigenvalue weighted by atomic mass is 9.89. The van der Waals surface area contributed by atoms with E-state index in [0.29, 0.717) is 6.54 Å². The standard InChI is InChI=1S/C15H17N3O/c1-18(8-9-19)15-13-7-6-11-4-2-3-5-12(11)14(13)16-10-17-15/h2-5,10,19H,6-9H2,1H3. The summed E-state index contributed by atoms with van der Waals surface area (Å²) >= 11 is 0. The third kappa shape index (κ3) is 2.08. The van der Waals surface area contributed by atoms with Crippen molar-refractivity contribution in [3.05, 3.63) is 41.7 Å². The van der Waals surface area contributed by atoms with Crippen LogP contribution in [0.1, 0.15) is 11.1 Å². The lowest BCUT2D eigenvalue weighted by Gasteiger charge is -2.25. The fourth-order valence-corrected chi connectivity index (χ4v) is 2.68. The number of benzene rings is 1. The molecule has 0 saturated heterocycles. The van der Waals surface area contributed by atoms with Crippen LogP contribution in [-0.2, 0) is 12.8 Å². The largest absolute Gasteiger partial charge is 0.395 e. The monoisotopic (exact) mass is 255 g/mol. The average Bonchev–Trinajstić information content (AvgIpc) is 2.46. The van der Waals surface area contributed by atoms with Crippen LogP contribution in [0.4, 0.5) is 5.82 Å². The fourth-order valence-electron chi connectivity index (χ4n) is 2.68. The first-order valence-electron chi connectivity index (χ1n) is 6.55. The molecule has 98 valence electrons. The van der Waals surface area contributed by atoms with Gasteiger partial charge in [0.15, 0.2) is 0 Å². The maximum Gasteiger partial charge on any atom is 0.135 e. The highest BCUT2D eigenvalue weighted by molar-refractivity contribution is 5.73. The van der Waals surface area contributed by atoms with Crippen LogP contribution in [0.3, 0.4) is 0 Å². The van der Waals surface area contributed by atoms with Crippen molar-refractivity contribution in [2.75, 3.05) is 25.1 Å². The van der Waals surface area contributed by atoms with Crippen LogP contribution in [0.15, 0.2) is 30.6 Å². The maximum atomic E-state index is 9.07. The van der Waals surface area contributed by atoms with Gasteiger partial charge in [-0.15, -0.1) is 0 Å². The first kappa shape index (κ1) is 12.1. The molecule has 1 heterocycles. The molecule has 4 heteroatoms. The van der Waals surface area contributed by atoms with Gasteiger partial charge in [0, 0.05) is 24.7 Å². The predicted octanol–water partition coefficient (Wildman–Crippen LogP) is 1.67. The number of rotatable bonds is 3. The van der Waals surface area contributed by atoms with E-state index >= 15 is 0 Å². The molecule has 1 aliphatic rings. The molecule has 0 fully saturated rings. The summed E-state index contributed by atoms with van der Waals surface area (Å²) in [4.78, 5) is 10.8. The van der Waals surface area contributed by atoms with E-state index < -0.39 is 0 Å². The van der Waals surface area contributed by atoms with E-state index in [1.54, 1.807) is 6.33 Å². The second-order valence-electron chi connectivity index (χ2n) is 4.83. The van der Waals surface area contributed by atoms with Gasteiger partial charge < -0.3 is 10.0 Å². The lowest BCUT2D eigenvalue weighted by molar-refractivity contribution is 0.303. The van der Waals surface area contributed by atoms with E-state index in [1.807, 2.05) is 18.0 Å². The van der Waals surface area contributed by atoms with Crippen LogP contribution in [0, 0.1) is 0 Å². The summed E-state index contributed by atoms with van der Waals surface area (Å²) in [6.07, 6.45) is 3.60. The molecule has 1 aromatic heterocycles. The molecule has 0 amide bonds. The minimum atomic E-state index is 0.131. The lowest BCUT2D eigenvalue weighted by Crippen LogP contribution is -2.25. The maximum absolute atomic E-state index is 9.07. The van der Waals surface area contributed by atoms with Crippen LogP contribution >= 0.6 is 0 Å². The van der Waals surface area contributed by atoms with Gasteiger partial charge in [0.1, 0.15) is 12.1 Å². The minimum Gasteiger partial charge on any atom is -0.395 e. The molecule has 0 spiro atoms. The van der Waals surface area contributed by atoms with E-state index in [2.05, 4.69) is 28.2 Å². The smallest absolute Gasteiger partial charge is 0.135 e. The van der Waals surface area contributed by atoms with Gasteiger partial charge in [0.2, 0.25) is 0 Å². The van der Waals surface area contributed by atoms with Crippen molar-refractivity contribution in [1.29, 1.82) is 0 Å². The average molecular weight is 255 g/mol. The number of aliphatic hydroxyl groups excluding tert-OH is 1. The molecule has 0 aliphatic heterocycles. The molecule has 0 radical (unpaired) electrons. The summed E-state index contributed by atoms with van der Waals surface area (Å²) < 4.78 is 0. The van der Waals surface area contributed by atoms with Crippen LogP contribution in [0.2, 0.25) is 0 Å². The van der Waals surface area contributed by atoms with Crippen LogP contribution in [0.5, 0.6) is 0 Å². The summed E-state index contributed by atoms with van der Waals surface area (Å²) in [6, 6.07) is 8.41. The molecule has 0 bridgehead atoms. The number of nitrogens with zero attached hydrogens (tertiary/aromatic N) is 3. The van der Waals surface area contributed by atoms with Gasteiger partial charge in [-0.25, -0.2) is 9.97 Å². The van der Waals surface area contributed by atoms with Crippen LogP contribution < -0.4 is 4.90 Å². The Balaban J connectivity index is 2.10. The van der Waals surface area contributed by atoms with Crippen LogP contribution in [0.25, 0.3) is 11.3 Å². The highest BCUT2D eigenvalue weighted by atomic mass is 16.3. The van der Waals surface area contributed by atoms with Crippen molar-refractivity contribution in [3.8, 4) is 11.3 Å². The normalized spacial score (nSPS) is 12.7. The van der Waals surface area contributed by atoms with E-state index in [0.717, 1.165) is 24.4 Å². The number of anilines is 1. The Morgan fingerprint density at radius 3 is 2.89 bits per heavy atom. The molecule has 1 aliphatic carbocycles. The topological polar surface area (TPSA) is 49.2 Å². The number of aryl methyl sites for hydroxylation is 1. The minimum absolute atomic E-state index is 0.131. The van der Waals surface area contributed by atoms with Crippen molar-refractivity contribution < 1.29 is 5.11 Å².